The first-order chi connectivity index (χ1) is 4.33. The van der Waals surface area contributed by atoms with Crippen molar-refractivity contribution in [2.45, 2.75) is 6.54 Å². The zero-order valence-corrected chi connectivity index (χ0v) is 5.43. The minimum absolute atomic E-state index is 0.861. The maximum atomic E-state index is 3.78. The molecule has 0 heterocycles. The standard InChI is InChI=1S/C7H10N2/c8-5-6-1-3-7(9)4-2-6/h1-4H,5,8-9H2/p+2. The molecule has 0 aliphatic heterocycles. The second-order valence-electron chi connectivity index (χ2n) is 2.07. The van der Waals surface area contributed by atoms with Crippen molar-refractivity contribution >= 4 is 5.69 Å². The molecular weight excluding hydrogens is 112 g/mol. The van der Waals surface area contributed by atoms with Gasteiger partial charge in [-0.3, -0.25) is 0 Å². The van der Waals surface area contributed by atoms with Crippen LogP contribution in [0.5, 0.6) is 0 Å². The van der Waals surface area contributed by atoms with Gasteiger partial charge >= 0.3 is 0 Å². The molecule has 6 N–H and O–H groups in total. The maximum absolute atomic E-state index is 3.78. The van der Waals surface area contributed by atoms with Crippen molar-refractivity contribution in [3.63, 3.8) is 0 Å². The van der Waals surface area contributed by atoms with Crippen LogP contribution in [0.15, 0.2) is 24.3 Å². The smallest absolute Gasteiger partial charge is 0.127 e. The van der Waals surface area contributed by atoms with E-state index in [1.54, 1.807) is 0 Å². The third-order valence-electron chi connectivity index (χ3n) is 1.31. The topological polar surface area (TPSA) is 55.3 Å². The highest BCUT2D eigenvalue weighted by Crippen LogP contribution is 2.01. The van der Waals surface area contributed by atoms with E-state index in [9.17, 15) is 0 Å². The van der Waals surface area contributed by atoms with E-state index in [1.165, 1.54) is 5.56 Å². The fourth-order valence-corrected chi connectivity index (χ4v) is 0.706. The molecule has 1 aromatic carbocycles. The molecule has 9 heavy (non-hydrogen) atoms. The second-order valence-corrected chi connectivity index (χ2v) is 2.07. The number of rotatable bonds is 1. The van der Waals surface area contributed by atoms with Crippen LogP contribution in [0.4, 0.5) is 5.69 Å². The number of benzene rings is 1. The zero-order chi connectivity index (χ0) is 6.69. The molecule has 0 atom stereocenters. The van der Waals surface area contributed by atoms with Crippen LogP contribution in [-0.2, 0) is 6.54 Å². The van der Waals surface area contributed by atoms with Crippen LogP contribution in [0.1, 0.15) is 5.56 Å². The van der Waals surface area contributed by atoms with Gasteiger partial charge in [-0.15, -0.1) is 0 Å². The highest BCUT2D eigenvalue weighted by molar-refractivity contribution is 5.30. The van der Waals surface area contributed by atoms with E-state index in [0.717, 1.165) is 12.2 Å². The van der Waals surface area contributed by atoms with Crippen molar-refractivity contribution < 1.29 is 11.5 Å². The Morgan fingerprint density at radius 1 is 1.11 bits per heavy atom. The van der Waals surface area contributed by atoms with Gasteiger partial charge in [-0.25, -0.2) is 0 Å². The summed E-state index contributed by atoms with van der Waals surface area (Å²) in [6, 6.07) is 8.10. The van der Waals surface area contributed by atoms with Crippen molar-refractivity contribution in [2.75, 3.05) is 0 Å². The lowest BCUT2D eigenvalue weighted by Crippen LogP contribution is -2.47. The molecule has 0 spiro atoms. The van der Waals surface area contributed by atoms with Gasteiger partial charge in [0.15, 0.2) is 0 Å². The van der Waals surface area contributed by atoms with Crippen molar-refractivity contribution in [3.8, 4) is 0 Å². The molecule has 0 radical (unpaired) electrons. The average molecular weight is 124 g/mol. The minimum Gasteiger partial charge on any atom is -0.354 e. The van der Waals surface area contributed by atoms with Gasteiger partial charge in [0.1, 0.15) is 5.69 Å². The molecule has 1 rings (SSSR count). The first-order valence-electron chi connectivity index (χ1n) is 3.03. The van der Waals surface area contributed by atoms with E-state index >= 15 is 0 Å². The van der Waals surface area contributed by atoms with E-state index < -0.39 is 0 Å². The number of hydrogen-bond acceptors (Lipinski definition) is 0. The van der Waals surface area contributed by atoms with Crippen LogP contribution in [0.3, 0.4) is 0 Å². The largest absolute Gasteiger partial charge is 0.354 e. The lowest BCUT2D eigenvalue weighted by atomic mass is 10.2. The van der Waals surface area contributed by atoms with Crippen molar-refractivity contribution in [3.05, 3.63) is 29.8 Å². The minimum atomic E-state index is 0.861. The highest BCUT2D eigenvalue weighted by Gasteiger charge is 1.89. The molecule has 0 amide bonds. The third kappa shape index (κ3) is 1.52. The molecule has 0 fully saturated rings. The van der Waals surface area contributed by atoms with Crippen LogP contribution < -0.4 is 11.5 Å². The Morgan fingerprint density at radius 3 is 2.11 bits per heavy atom. The molecule has 0 bridgehead atoms. The van der Waals surface area contributed by atoms with Gasteiger partial charge in [-0.05, 0) is 24.3 Å². The van der Waals surface area contributed by atoms with Crippen LogP contribution in [-0.4, -0.2) is 0 Å². The van der Waals surface area contributed by atoms with E-state index in [2.05, 4.69) is 23.6 Å². The quantitative estimate of drug-likeness (QED) is 0.497. The molecular formula is C7H12N2+2. The molecule has 0 saturated carbocycles. The average Bonchev–Trinajstić information content (AvgIpc) is 1.90. The van der Waals surface area contributed by atoms with Gasteiger partial charge in [0, 0.05) is 5.56 Å². The van der Waals surface area contributed by atoms with E-state index in [4.69, 9.17) is 0 Å². The predicted molar refractivity (Wildman–Crippen MR) is 35.6 cm³/mol. The Labute approximate surface area is 54.5 Å². The Morgan fingerprint density at radius 2 is 1.67 bits per heavy atom. The monoisotopic (exact) mass is 124 g/mol. The van der Waals surface area contributed by atoms with Gasteiger partial charge < -0.3 is 11.5 Å². The van der Waals surface area contributed by atoms with Gasteiger partial charge in [-0.2, -0.15) is 0 Å². The summed E-state index contributed by atoms with van der Waals surface area (Å²) in [5, 5.41) is 0. The first kappa shape index (κ1) is 6.26. The molecule has 0 saturated heterocycles. The molecule has 0 unspecified atom stereocenters. The van der Waals surface area contributed by atoms with E-state index in [0.29, 0.717) is 0 Å². The van der Waals surface area contributed by atoms with Crippen LogP contribution >= 0.6 is 0 Å². The Balaban J connectivity index is 2.88. The molecule has 48 valence electrons. The summed E-state index contributed by atoms with van der Waals surface area (Å²) in [6.45, 7) is 0.861. The fraction of sp³-hybridized carbons (Fsp3) is 0.143. The number of hydrogen-bond donors (Lipinski definition) is 2. The summed E-state index contributed by atoms with van der Waals surface area (Å²) in [4.78, 5) is 0. The van der Waals surface area contributed by atoms with Crippen LogP contribution in [0.25, 0.3) is 0 Å². The molecule has 0 aliphatic carbocycles. The van der Waals surface area contributed by atoms with Gasteiger partial charge in [0.25, 0.3) is 0 Å². The molecule has 2 heteroatoms. The van der Waals surface area contributed by atoms with Gasteiger partial charge in [0.05, 0.1) is 6.54 Å². The summed E-state index contributed by atoms with van der Waals surface area (Å²) < 4.78 is 0. The van der Waals surface area contributed by atoms with E-state index in [1.807, 2.05) is 12.1 Å². The summed E-state index contributed by atoms with van der Waals surface area (Å²) in [5.74, 6) is 0. The SMILES string of the molecule is [NH3+]Cc1ccc([NH3+])cc1. The van der Waals surface area contributed by atoms with Crippen LogP contribution in [0, 0.1) is 0 Å². The van der Waals surface area contributed by atoms with Crippen molar-refractivity contribution in [1.82, 2.24) is 0 Å². The normalized spacial score (nSPS) is 9.56. The first-order valence-corrected chi connectivity index (χ1v) is 3.03. The molecule has 0 aliphatic rings. The fourth-order valence-electron chi connectivity index (χ4n) is 0.706. The van der Waals surface area contributed by atoms with Crippen molar-refractivity contribution in [1.29, 1.82) is 0 Å². The lowest BCUT2D eigenvalue weighted by Gasteiger charge is -1.90. The Bertz CT molecular complexity index is 179. The summed E-state index contributed by atoms with van der Waals surface area (Å²) >= 11 is 0. The zero-order valence-electron chi connectivity index (χ0n) is 5.43. The van der Waals surface area contributed by atoms with Gasteiger partial charge in [-0.1, -0.05) is 0 Å². The summed E-state index contributed by atoms with van der Waals surface area (Å²) in [6.07, 6.45) is 0. The second kappa shape index (κ2) is 2.62. The van der Waals surface area contributed by atoms with Crippen molar-refractivity contribution in [2.24, 2.45) is 0 Å². The van der Waals surface area contributed by atoms with Crippen LogP contribution in [0.2, 0.25) is 0 Å². The highest BCUT2D eigenvalue weighted by atomic mass is 14.5. The van der Waals surface area contributed by atoms with E-state index in [-0.39, 0.29) is 0 Å². The van der Waals surface area contributed by atoms with Gasteiger partial charge in [0.2, 0.25) is 0 Å². The third-order valence-corrected chi connectivity index (χ3v) is 1.31. The summed E-state index contributed by atoms with van der Waals surface area (Å²) in [5.41, 5.74) is 9.87. The molecule has 1 aromatic rings. The lowest BCUT2D eigenvalue weighted by molar-refractivity contribution is -0.386. The predicted octanol–water partition coefficient (Wildman–Crippen LogP) is -0.698. The maximum Gasteiger partial charge on any atom is 0.127 e. The Hall–Kier alpha value is -0.860. The Kier molecular flexibility index (Phi) is 1.82. The number of quaternary nitrogens is 2. The summed E-state index contributed by atoms with van der Waals surface area (Å²) in [7, 11) is 0. The molecule has 2 nitrogen and oxygen atoms in total. The molecule has 0 aromatic heterocycles.